The highest BCUT2D eigenvalue weighted by Crippen LogP contribution is 2.22. The zero-order valence-electron chi connectivity index (χ0n) is 15.5. The van der Waals surface area contributed by atoms with Crippen LogP contribution in [-0.2, 0) is 11.3 Å². The normalized spacial score (nSPS) is 15.9. The van der Waals surface area contributed by atoms with E-state index in [0.717, 1.165) is 25.7 Å². The van der Waals surface area contributed by atoms with Crippen LogP contribution in [0.25, 0.3) is 11.1 Å². The van der Waals surface area contributed by atoms with Gasteiger partial charge in [-0.15, -0.1) is 0 Å². The molecule has 1 aliphatic carbocycles. The van der Waals surface area contributed by atoms with Crippen LogP contribution in [0.5, 0.6) is 0 Å². The van der Waals surface area contributed by atoms with E-state index in [9.17, 15) is 9.59 Å². The number of ether oxygens (including phenoxy) is 1. The number of carbonyl (C=O) groups excluding carboxylic acids is 1. The Bertz CT molecular complexity index is 816. The largest absolute Gasteiger partial charge is 0.442 e. The van der Waals surface area contributed by atoms with Gasteiger partial charge in [0.1, 0.15) is 17.5 Å². The van der Waals surface area contributed by atoms with Crippen molar-refractivity contribution in [2.45, 2.75) is 64.5 Å². The van der Waals surface area contributed by atoms with Crippen molar-refractivity contribution in [3.8, 4) is 0 Å². The van der Waals surface area contributed by atoms with Crippen molar-refractivity contribution in [2.24, 2.45) is 0 Å². The summed E-state index contributed by atoms with van der Waals surface area (Å²) in [6, 6.07) is 0.162. The molecule has 0 bridgehead atoms. The quantitative estimate of drug-likeness (QED) is 0.631. The van der Waals surface area contributed by atoms with Crippen molar-refractivity contribution < 1.29 is 13.9 Å². The fraction of sp³-hybridized carbons (Fsp3) is 0.632. The van der Waals surface area contributed by atoms with Gasteiger partial charge >= 0.3 is 0 Å². The average Bonchev–Trinajstić information content (AvgIpc) is 2.78. The molecule has 0 spiro atoms. The van der Waals surface area contributed by atoms with Crippen molar-refractivity contribution in [2.75, 3.05) is 13.7 Å². The minimum Gasteiger partial charge on any atom is -0.442 e. The summed E-state index contributed by atoms with van der Waals surface area (Å²) < 4.78 is 12.1. The number of aryl methyl sites for hydroxylation is 2. The lowest BCUT2D eigenvalue weighted by atomic mass is 10.1. The molecule has 7 heteroatoms. The Morgan fingerprint density at radius 3 is 2.77 bits per heavy atom. The van der Waals surface area contributed by atoms with Gasteiger partial charge in [-0.1, -0.05) is 25.7 Å². The summed E-state index contributed by atoms with van der Waals surface area (Å²) in [5.41, 5.74) is 0.304. The number of fused-ring (bicyclic) bond motifs is 1. The third-order valence-corrected chi connectivity index (χ3v) is 5.02. The maximum atomic E-state index is 12.9. The van der Waals surface area contributed by atoms with Gasteiger partial charge in [0.25, 0.3) is 11.5 Å². The molecule has 0 unspecified atom stereocenters. The maximum absolute atomic E-state index is 12.9. The number of rotatable bonds is 6. The first kappa shape index (κ1) is 18.6. The second kappa shape index (κ2) is 8.49. The smallest absolute Gasteiger partial charge is 0.265 e. The molecule has 1 amide bonds. The molecule has 0 atom stereocenters. The molecule has 2 aromatic heterocycles. The van der Waals surface area contributed by atoms with Crippen molar-refractivity contribution in [3.63, 3.8) is 0 Å². The number of nitrogens with zero attached hydrogens (tertiary/aromatic N) is 2. The monoisotopic (exact) mass is 361 g/mol. The number of nitrogens with one attached hydrogen (secondary N) is 1. The molecule has 1 fully saturated rings. The van der Waals surface area contributed by atoms with E-state index >= 15 is 0 Å². The van der Waals surface area contributed by atoms with E-state index in [-0.39, 0.29) is 28.6 Å². The molecule has 3 rings (SSSR count). The molecule has 26 heavy (non-hydrogen) atoms. The summed E-state index contributed by atoms with van der Waals surface area (Å²) in [6.45, 7) is 2.76. The Labute approximate surface area is 152 Å². The average molecular weight is 361 g/mol. The zero-order chi connectivity index (χ0) is 18.5. The number of aromatic nitrogens is 2. The van der Waals surface area contributed by atoms with Gasteiger partial charge in [-0.3, -0.25) is 14.2 Å². The first-order valence-corrected chi connectivity index (χ1v) is 9.40. The van der Waals surface area contributed by atoms with E-state index in [1.807, 2.05) is 0 Å². The number of amides is 1. The van der Waals surface area contributed by atoms with Crippen LogP contribution in [0.15, 0.2) is 15.5 Å². The number of hydrogen-bond acceptors (Lipinski definition) is 5. The number of hydrogen-bond donors (Lipinski definition) is 1. The summed E-state index contributed by atoms with van der Waals surface area (Å²) in [5, 5.41) is 3.37. The molecule has 2 aromatic rings. The van der Waals surface area contributed by atoms with Gasteiger partial charge in [-0.2, -0.15) is 0 Å². The Balaban J connectivity index is 1.88. The topological polar surface area (TPSA) is 86.4 Å². The second-order valence-corrected chi connectivity index (χ2v) is 6.96. The van der Waals surface area contributed by atoms with E-state index in [1.165, 1.54) is 23.7 Å². The highest BCUT2D eigenvalue weighted by atomic mass is 16.5. The van der Waals surface area contributed by atoms with Gasteiger partial charge in [0.05, 0.1) is 5.56 Å². The maximum Gasteiger partial charge on any atom is 0.265 e. The first-order valence-electron chi connectivity index (χ1n) is 9.40. The van der Waals surface area contributed by atoms with Crippen molar-refractivity contribution in [1.29, 1.82) is 0 Å². The number of furan rings is 1. The first-order chi connectivity index (χ1) is 12.6. The Hall–Kier alpha value is -2.15. The molecule has 7 nitrogen and oxygen atoms in total. The Morgan fingerprint density at radius 1 is 1.35 bits per heavy atom. The lowest BCUT2D eigenvalue weighted by Gasteiger charge is -2.16. The molecule has 0 aliphatic heterocycles. The number of carbonyl (C=O) groups is 1. The van der Waals surface area contributed by atoms with Gasteiger partial charge in [0.15, 0.2) is 0 Å². The molecule has 0 radical (unpaired) electrons. The molecular weight excluding hydrogens is 334 g/mol. The lowest BCUT2D eigenvalue weighted by Crippen LogP contribution is -2.35. The standard InChI is InChI=1S/C19H27N3O4/c1-13-15(17(23)21-14-8-5-3-4-6-9-14)16-18(26-13)20-12-22(19(16)24)10-7-11-25-2/h12,14H,3-11H2,1-2H3,(H,21,23). The van der Waals surface area contributed by atoms with Crippen molar-refractivity contribution >= 4 is 17.0 Å². The number of methoxy groups -OCH3 is 1. The fourth-order valence-electron chi connectivity index (χ4n) is 3.63. The molecule has 0 saturated heterocycles. The van der Waals surface area contributed by atoms with Crippen LogP contribution in [-0.4, -0.2) is 35.2 Å². The van der Waals surface area contributed by atoms with E-state index < -0.39 is 0 Å². The molecule has 142 valence electrons. The van der Waals surface area contributed by atoms with Gasteiger partial charge in [0, 0.05) is 26.3 Å². The van der Waals surface area contributed by atoms with Crippen molar-refractivity contribution in [1.82, 2.24) is 14.9 Å². The molecule has 0 aromatic carbocycles. The minimum absolute atomic E-state index is 0.162. The summed E-state index contributed by atoms with van der Waals surface area (Å²) in [4.78, 5) is 30.0. The summed E-state index contributed by atoms with van der Waals surface area (Å²) in [7, 11) is 1.62. The van der Waals surface area contributed by atoms with Gasteiger partial charge in [-0.25, -0.2) is 4.98 Å². The molecule has 1 N–H and O–H groups in total. The van der Waals surface area contributed by atoms with Crippen LogP contribution in [0.2, 0.25) is 0 Å². The minimum atomic E-state index is -0.242. The highest BCUT2D eigenvalue weighted by molar-refractivity contribution is 6.06. The van der Waals surface area contributed by atoms with Crippen LogP contribution in [0.3, 0.4) is 0 Å². The van der Waals surface area contributed by atoms with E-state index in [0.29, 0.717) is 30.9 Å². The van der Waals surface area contributed by atoms with E-state index in [4.69, 9.17) is 9.15 Å². The van der Waals surface area contributed by atoms with E-state index in [1.54, 1.807) is 14.0 Å². The fourth-order valence-corrected chi connectivity index (χ4v) is 3.63. The molecule has 2 heterocycles. The summed E-state index contributed by atoms with van der Waals surface area (Å²) >= 11 is 0. The van der Waals surface area contributed by atoms with Crippen LogP contribution >= 0.6 is 0 Å². The third-order valence-electron chi connectivity index (χ3n) is 5.02. The molecule has 1 aliphatic rings. The summed E-state index contributed by atoms with van der Waals surface area (Å²) in [6.07, 6.45) is 8.83. The van der Waals surface area contributed by atoms with Crippen LogP contribution in [0.1, 0.15) is 61.1 Å². The summed E-state index contributed by atoms with van der Waals surface area (Å²) in [5.74, 6) is 0.201. The Kier molecular flexibility index (Phi) is 6.08. The van der Waals surface area contributed by atoms with Crippen molar-refractivity contribution in [3.05, 3.63) is 28.0 Å². The predicted molar refractivity (Wildman–Crippen MR) is 98.5 cm³/mol. The van der Waals surface area contributed by atoms with E-state index in [2.05, 4.69) is 10.3 Å². The zero-order valence-corrected chi connectivity index (χ0v) is 15.5. The highest BCUT2D eigenvalue weighted by Gasteiger charge is 2.25. The van der Waals surface area contributed by atoms with Crippen LogP contribution in [0, 0.1) is 6.92 Å². The van der Waals surface area contributed by atoms with Crippen LogP contribution in [0.4, 0.5) is 0 Å². The van der Waals surface area contributed by atoms with Gasteiger partial charge in [0.2, 0.25) is 5.71 Å². The predicted octanol–water partition coefficient (Wildman–Crippen LogP) is 2.79. The second-order valence-electron chi connectivity index (χ2n) is 6.96. The lowest BCUT2D eigenvalue weighted by molar-refractivity contribution is 0.0933. The van der Waals surface area contributed by atoms with Crippen LogP contribution < -0.4 is 10.9 Å². The molecular formula is C19H27N3O4. The Morgan fingerprint density at radius 2 is 2.08 bits per heavy atom. The SMILES string of the molecule is COCCCn1cnc2oc(C)c(C(=O)NC3CCCCCC3)c2c1=O. The molecule has 1 saturated carbocycles. The van der Waals surface area contributed by atoms with Gasteiger partial charge < -0.3 is 14.5 Å². The van der Waals surface area contributed by atoms with Gasteiger partial charge in [-0.05, 0) is 26.2 Å². The third kappa shape index (κ3) is 3.98.